The summed E-state index contributed by atoms with van der Waals surface area (Å²) in [5.41, 5.74) is 0.215. The van der Waals surface area contributed by atoms with Crippen LogP contribution in [0.15, 0.2) is 42.5 Å². The van der Waals surface area contributed by atoms with Crippen molar-refractivity contribution in [2.24, 2.45) is 0 Å². The molecule has 2 aliphatic rings. The van der Waals surface area contributed by atoms with Crippen molar-refractivity contribution in [2.75, 3.05) is 12.4 Å². The molecule has 0 aliphatic carbocycles. The second-order valence-corrected chi connectivity index (χ2v) is 7.24. The van der Waals surface area contributed by atoms with Crippen LogP contribution in [0.4, 0.5) is 0 Å². The lowest BCUT2D eigenvalue weighted by Gasteiger charge is -2.51. The van der Waals surface area contributed by atoms with Crippen molar-refractivity contribution in [1.82, 2.24) is 10.2 Å². The first-order chi connectivity index (χ1) is 11.9. The van der Waals surface area contributed by atoms with E-state index in [1.165, 1.54) is 0 Å². The maximum atomic E-state index is 12.2. The van der Waals surface area contributed by atoms with E-state index in [1.54, 1.807) is 30.3 Å². The smallest absolute Gasteiger partial charge is 0.331 e. The Bertz CT molecular complexity index is 725. The minimum absolute atomic E-state index is 0.0156. The Balaban J connectivity index is 1.62. The van der Waals surface area contributed by atoms with Gasteiger partial charge in [-0.3, -0.25) is 14.5 Å². The lowest BCUT2D eigenvalue weighted by molar-refractivity contribution is -0.160. The molecule has 0 bridgehead atoms. The van der Waals surface area contributed by atoms with Gasteiger partial charge in [-0.2, -0.15) is 0 Å². The van der Waals surface area contributed by atoms with Crippen molar-refractivity contribution in [3.63, 3.8) is 0 Å². The number of rotatable bonds is 5. The van der Waals surface area contributed by atoms with E-state index in [1.807, 2.05) is 0 Å². The van der Waals surface area contributed by atoms with Crippen molar-refractivity contribution in [2.45, 2.75) is 17.5 Å². The monoisotopic (exact) mass is 364 g/mol. The third-order valence-corrected chi connectivity index (χ3v) is 5.70. The fourth-order valence-corrected chi connectivity index (χ4v) is 4.55. The predicted molar refractivity (Wildman–Crippen MR) is 88.1 cm³/mol. The molecule has 0 aromatic heterocycles. The lowest BCUT2D eigenvalue weighted by Crippen LogP contribution is -2.78. The summed E-state index contributed by atoms with van der Waals surface area (Å²) in [5, 5.41) is 10.9. The number of hydrogen-bond donors (Lipinski definition) is 2. The fourth-order valence-electron chi connectivity index (χ4n) is 2.89. The standard InChI is InChI=1S/C16H16N2O6S/c1-9-8-25(23)15-12(14(20)18(15)13(9)16(21)22)17-11(19)7-24-10-5-3-2-4-6-10/h2-6,12-13,15H,1,7-8H2,(H,17,19)(H,21,22)/t12-,13-,15-,25+/m1/s1. The zero-order chi connectivity index (χ0) is 18.1. The summed E-state index contributed by atoms with van der Waals surface area (Å²) in [7, 11) is 0. The molecule has 0 spiro atoms. The molecule has 132 valence electrons. The largest absolute Gasteiger partial charge is 0.614 e. The van der Waals surface area contributed by atoms with Crippen LogP contribution >= 0.6 is 0 Å². The summed E-state index contributed by atoms with van der Waals surface area (Å²) in [6, 6.07) is 6.46. The van der Waals surface area contributed by atoms with Crippen LogP contribution in [0.3, 0.4) is 0 Å². The zero-order valence-electron chi connectivity index (χ0n) is 13.1. The molecular formula is C16H16N2O6S. The molecule has 9 heteroatoms. The Hall–Kier alpha value is -2.52. The van der Waals surface area contributed by atoms with Crippen molar-refractivity contribution in [3.8, 4) is 5.75 Å². The van der Waals surface area contributed by atoms with E-state index in [-0.39, 0.29) is 17.9 Å². The second-order valence-electron chi connectivity index (χ2n) is 5.71. The topological polar surface area (TPSA) is 119 Å². The van der Waals surface area contributed by atoms with Gasteiger partial charge >= 0.3 is 5.97 Å². The number of nitrogens with zero attached hydrogens (tertiary/aromatic N) is 1. The molecule has 1 aromatic rings. The third kappa shape index (κ3) is 3.20. The molecule has 0 saturated carbocycles. The highest BCUT2D eigenvalue weighted by molar-refractivity contribution is 7.92. The maximum absolute atomic E-state index is 12.2. The van der Waals surface area contributed by atoms with Crippen LogP contribution < -0.4 is 10.1 Å². The predicted octanol–water partition coefficient (Wildman–Crippen LogP) is -0.510. The summed E-state index contributed by atoms with van der Waals surface area (Å²) in [4.78, 5) is 36.6. The quantitative estimate of drug-likeness (QED) is 0.413. The molecule has 0 unspecified atom stereocenters. The number of aliphatic carboxylic acids is 1. The number of hydrogen-bond acceptors (Lipinski definition) is 5. The Morgan fingerprint density at radius 1 is 1.40 bits per heavy atom. The van der Waals surface area contributed by atoms with Gasteiger partial charge in [0.25, 0.3) is 11.8 Å². The minimum atomic E-state index is -1.52. The number of carbonyl (C=O) groups excluding carboxylic acids is 2. The molecule has 2 saturated heterocycles. The molecule has 1 aromatic carbocycles. The van der Waals surface area contributed by atoms with E-state index in [0.717, 1.165) is 4.90 Å². The van der Waals surface area contributed by atoms with Crippen LogP contribution in [0.5, 0.6) is 5.75 Å². The van der Waals surface area contributed by atoms with E-state index in [9.17, 15) is 24.0 Å². The zero-order valence-corrected chi connectivity index (χ0v) is 13.9. The summed E-state index contributed by atoms with van der Waals surface area (Å²) in [6.45, 7) is 3.29. The van der Waals surface area contributed by atoms with Crippen LogP contribution in [0, 0.1) is 0 Å². The van der Waals surface area contributed by atoms with Crippen molar-refractivity contribution >= 4 is 29.0 Å². The van der Waals surface area contributed by atoms with E-state index >= 15 is 0 Å². The van der Waals surface area contributed by atoms with Gasteiger partial charge in [0.05, 0.1) is 0 Å². The van der Waals surface area contributed by atoms with Crippen LogP contribution in [-0.4, -0.2) is 62.2 Å². The molecule has 3 rings (SSSR count). The molecule has 4 atom stereocenters. The van der Waals surface area contributed by atoms with E-state index in [0.29, 0.717) is 5.75 Å². The van der Waals surface area contributed by atoms with Gasteiger partial charge in [-0.1, -0.05) is 24.8 Å². The number of para-hydroxylation sites is 1. The second kappa shape index (κ2) is 6.77. The van der Waals surface area contributed by atoms with Crippen LogP contribution in [0.25, 0.3) is 0 Å². The van der Waals surface area contributed by atoms with Crippen LogP contribution in [-0.2, 0) is 25.6 Å². The van der Waals surface area contributed by atoms with Gasteiger partial charge in [-0.15, -0.1) is 0 Å². The number of carbonyl (C=O) groups is 3. The lowest BCUT2D eigenvalue weighted by atomic mass is 9.98. The number of β-lactam (4-membered cyclic amide) rings is 1. The number of fused-ring (bicyclic) bond motifs is 1. The highest BCUT2D eigenvalue weighted by atomic mass is 32.2. The number of nitrogens with one attached hydrogen (secondary N) is 1. The first kappa shape index (κ1) is 17.3. The van der Waals surface area contributed by atoms with Gasteiger partial charge in [0.15, 0.2) is 18.7 Å². The molecule has 0 radical (unpaired) electrons. The Morgan fingerprint density at radius 2 is 2.08 bits per heavy atom. The van der Waals surface area contributed by atoms with E-state index in [4.69, 9.17) is 4.74 Å². The Morgan fingerprint density at radius 3 is 2.72 bits per heavy atom. The summed E-state index contributed by atoms with van der Waals surface area (Å²) in [5.74, 6) is -1.87. The first-order valence-corrected chi connectivity index (χ1v) is 8.85. The highest BCUT2D eigenvalue weighted by Gasteiger charge is 2.62. The van der Waals surface area contributed by atoms with Gasteiger partial charge < -0.3 is 19.7 Å². The van der Waals surface area contributed by atoms with E-state index < -0.39 is 46.4 Å². The minimum Gasteiger partial charge on any atom is -0.614 e. The average Bonchev–Trinajstić information content (AvgIpc) is 2.58. The number of amides is 2. The Kier molecular flexibility index (Phi) is 4.69. The SMILES string of the molecule is C=C1C[S@+]([O-])[C@@H]2[C@H](NC(=O)COc3ccccc3)C(=O)N2[C@H]1C(=O)O. The Labute approximate surface area is 146 Å². The van der Waals surface area contributed by atoms with Gasteiger partial charge in [-0.25, -0.2) is 4.79 Å². The molecule has 25 heavy (non-hydrogen) atoms. The molecule has 2 N–H and O–H groups in total. The number of carboxylic acid groups (broad SMARTS) is 1. The first-order valence-electron chi connectivity index (χ1n) is 7.47. The van der Waals surface area contributed by atoms with Gasteiger partial charge in [0.1, 0.15) is 11.5 Å². The fraction of sp³-hybridized carbons (Fsp3) is 0.312. The number of ether oxygens (including phenoxy) is 1. The van der Waals surface area contributed by atoms with Crippen molar-refractivity contribution in [1.29, 1.82) is 0 Å². The van der Waals surface area contributed by atoms with Crippen LogP contribution in [0.2, 0.25) is 0 Å². The molecule has 8 nitrogen and oxygen atoms in total. The summed E-state index contributed by atoms with van der Waals surface area (Å²) >= 11 is -1.52. The third-order valence-electron chi connectivity index (χ3n) is 4.01. The van der Waals surface area contributed by atoms with Crippen molar-refractivity contribution < 1.29 is 28.8 Å². The van der Waals surface area contributed by atoms with E-state index in [2.05, 4.69) is 11.9 Å². The summed E-state index contributed by atoms with van der Waals surface area (Å²) in [6.07, 6.45) is 0. The van der Waals surface area contributed by atoms with Crippen molar-refractivity contribution in [3.05, 3.63) is 42.5 Å². The normalized spacial score (nSPS) is 28.0. The van der Waals surface area contributed by atoms with Gasteiger partial charge in [-0.05, 0) is 23.3 Å². The molecule has 2 heterocycles. The molecule has 2 fully saturated rings. The highest BCUT2D eigenvalue weighted by Crippen LogP contribution is 2.36. The van der Waals surface area contributed by atoms with Gasteiger partial charge in [0.2, 0.25) is 5.37 Å². The number of benzene rings is 1. The molecule has 2 aliphatic heterocycles. The summed E-state index contributed by atoms with van der Waals surface area (Å²) < 4.78 is 17.5. The van der Waals surface area contributed by atoms with Crippen LogP contribution in [0.1, 0.15) is 0 Å². The van der Waals surface area contributed by atoms with Gasteiger partial charge in [0, 0.05) is 5.57 Å². The molecule has 2 amide bonds. The number of carboxylic acids is 1. The maximum Gasteiger partial charge on any atom is 0.331 e. The average molecular weight is 364 g/mol. The molecular weight excluding hydrogens is 348 g/mol.